The average Bonchev–Trinajstić information content (AvgIpc) is 2.40. The lowest BCUT2D eigenvalue weighted by molar-refractivity contribution is 0.273. The second-order valence-corrected chi connectivity index (χ2v) is 5.29. The minimum Gasteiger partial charge on any atom is -0.307 e. The minimum absolute atomic E-state index is 0.446. The summed E-state index contributed by atoms with van der Waals surface area (Å²) in [6.07, 6.45) is 10.6. The zero-order valence-corrected chi connectivity index (χ0v) is 11.0. The van der Waals surface area contributed by atoms with Gasteiger partial charge >= 0.3 is 0 Å². The largest absolute Gasteiger partial charge is 0.307 e. The molecule has 1 fully saturated rings. The lowest BCUT2D eigenvalue weighted by Crippen LogP contribution is -2.34. The van der Waals surface area contributed by atoms with Crippen molar-refractivity contribution in [3.8, 4) is 0 Å². The zero-order chi connectivity index (χ0) is 12.1. The average molecular weight is 232 g/mol. The van der Waals surface area contributed by atoms with Crippen molar-refractivity contribution in [1.82, 2.24) is 10.3 Å². The summed E-state index contributed by atoms with van der Waals surface area (Å²) in [6.45, 7) is 4.57. The fraction of sp³-hybridized carbons (Fsp3) is 0.667. The van der Waals surface area contributed by atoms with Crippen molar-refractivity contribution in [2.75, 3.05) is 0 Å². The highest BCUT2D eigenvalue weighted by Gasteiger charge is 2.21. The van der Waals surface area contributed by atoms with Gasteiger partial charge < -0.3 is 5.32 Å². The van der Waals surface area contributed by atoms with Crippen LogP contribution in [-0.4, -0.2) is 11.0 Å². The molecule has 0 saturated heterocycles. The van der Waals surface area contributed by atoms with Crippen LogP contribution in [0.25, 0.3) is 0 Å². The van der Waals surface area contributed by atoms with Crippen molar-refractivity contribution >= 4 is 0 Å². The first kappa shape index (κ1) is 12.6. The van der Waals surface area contributed by atoms with Crippen LogP contribution in [0.3, 0.4) is 0 Å². The van der Waals surface area contributed by atoms with Gasteiger partial charge in [-0.1, -0.05) is 13.3 Å². The molecular weight excluding hydrogens is 208 g/mol. The fourth-order valence-corrected chi connectivity index (χ4v) is 2.84. The maximum absolute atomic E-state index is 4.07. The predicted octanol–water partition coefficient (Wildman–Crippen LogP) is 3.70. The van der Waals surface area contributed by atoms with Gasteiger partial charge in [0.25, 0.3) is 0 Å². The van der Waals surface area contributed by atoms with E-state index in [1.54, 1.807) is 0 Å². The van der Waals surface area contributed by atoms with Crippen LogP contribution < -0.4 is 5.32 Å². The number of pyridine rings is 1. The van der Waals surface area contributed by atoms with Crippen LogP contribution in [0.1, 0.15) is 57.6 Å². The summed E-state index contributed by atoms with van der Waals surface area (Å²) in [6, 6.07) is 5.37. The third-order valence-electron chi connectivity index (χ3n) is 4.12. The summed E-state index contributed by atoms with van der Waals surface area (Å²) >= 11 is 0. The van der Waals surface area contributed by atoms with Crippen LogP contribution in [0.2, 0.25) is 0 Å². The predicted molar refractivity (Wildman–Crippen MR) is 71.8 cm³/mol. The zero-order valence-electron chi connectivity index (χ0n) is 11.0. The second kappa shape index (κ2) is 6.15. The Labute approximate surface area is 105 Å². The van der Waals surface area contributed by atoms with Gasteiger partial charge in [-0.2, -0.15) is 0 Å². The van der Waals surface area contributed by atoms with E-state index in [1.807, 2.05) is 12.4 Å². The molecule has 2 heteroatoms. The molecule has 1 heterocycles. The second-order valence-electron chi connectivity index (χ2n) is 5.29. The first-order valence-electron chi connectivity index (χ1n) is 6.95. The summed E-state index contributed by atoms with van der Waals surface area (Å²) in [4.78, 5) is 4.07. The molecule has 2 nitrogen and oxygen atoms in total. The minimum atomic E-state index is 0.446. The molecule has 0 spiro atoms. The smallest absolute Gasteiger partial charge is 0.0295 e. The van der Waals surface area contributed by atoms with Crippen LogP contribution in [0, 0.1) is 5.92 Å². The molecule has 1 saturated carbocycles. The first-order valence-corrected chi connectivity index (χ1v) is 6.95. The molecule has 1 aromatic rings. The summed E-state index contributed by atoms with van der Waals surface area (Å²) in [5, 5.41) is 3.75. The van der Waals surface area contributed by atoms with Crippen molar-refractivity contribution in [3.05, 3.63) is 30.1 Å². The van der Waals surface area contributed by atoms with Gasteiger partial charge in [-0.3, -0.25) is 4.98 Å². The molecule has 1 N–H and O–H groups in total. The molecule has 1 aromatic heterocycles. The van der Waals surface area contributed by atoms with E-state index in [-0.39, 0.29) is 0 Å². The van der Waals surface area contributed by atoms with Gasteiger partial charge in [-0.25, -0.2) is 0 Å². The Balaban J connectivity index is 1.82. The van der Waals surface area contributed by atoms with Crippen LogP contribution >= 0.6 is 0 Å². The van der Waals surface area contributed by atoms with Gasteiger partial charge in [0.15, 0.2) is 0 Å². The summed E-state index contributed by atoms with van der Waals surface area (Å²) in [7, 11) is 0. The van der Waals surface area contributed by atoms with Gasteiger partial charge in [0.1, 0.15) is 0 Å². The summed E-state index contributed by atoms with van der Waals surface area (Å²) < 4.78 is 0. The van der Waals surface area contributed by atoms with Crippen LogP contribution in [-0.2, 0) is 0 Å². The maximum atomic E-state index is 4.07. The first-order chi connectivity index (χ1) is 8.29. The summed E-state index contributed by atoms with van der Waals surface area (Å²) in [5.74, 6) is 0.976. The van der Waals surface area contributed by atoms with Crippen molar-refractivity contribution in [2.45, 2.75) is 58.0 Å². The maximum Gasteiger partial charge on any atom is 0.0295 e. The van der Waals surface area contributed by atoms with Crippen molar-refractivity contribution in [3.63, 3.8) is 0 Å². The highest BCUT2D eigenvalue weighted by Crippen LogP contribution is 2.27. The molecule has 0 radical (unpaired) electrons. The molecular formula is C15H24N2. The van der Waals surface area contributed by atoms with Gasteiger partial charge in [-0.15, -0.1) is 0 Å². The SMILES string of the molecule is CCC1CCC(N[C@@H](C)c2ccncc2)CC1. The number of aromatic nitrogens is 1. The van der Waals surface area contributed by atoms with E-state index in [4.69, 9.17) is 0 Å². The molecule has 0 amide bonds. The molecule has 0 aromatic carbocycles. The molecule has 2 rings (SSSR count). The molecule has 0 bridgehead atoms. The summed E-state index contributed by atoms with van der Waals surface area (Å²) in [5.41, 5.74) is 1.35. The third kappa shape index (κ3) is 3.53. The molecule has 1 atom stereocenters. The van der Waals surface area contributed by atoms with E-state index in [1.165, 1.54) is 37.7 Å². The van der Waals surface area contributed by atoms with Gasteiger partial charge in [-0.05, 0) is 56.2 Å². The number of nitrogens with zero attached hydrogens (tertiary/aromatic N) is 1. The van der Waals surface area contributed by atoms with E-state index in [0.717, 1.165) is 5.92 Å². The molecule has 0 unspecified atom stereocenters. The van der Waals surface area contributed by atoms with Crippen LogP contribution in [0.15, 0.2) is 24.5 Å². The Hall–Kier alpha value is -0.890. The molecule has 1 aliphatic carbocycles. The topological polar surface area (TPSA) is 24.9 Å². The highest BCUT2D eigenvalue weighted by molar-refractivity contribution is 5.14. The normalized spacial score (nSPS) is 26.7. The van der Waals surface area contributed by atoms with Crippen molar-refractivity contribution < 1.29 is 0 Å². The number of rotatable bonds is 4. The fourth-order valence-electron chi connectivity index (χ4n) is 2.84. The third-order valence-corrected chi connectivity index (χ3v) is 4.12. The monoisotopic (exact) mass is 232 g/mol. The van der Waals surface area contributed by atoms with Gasteiger partial charge in [0, 0.05) is 24.5 Å². The number of hydrogen-bond acceptors (Lipinski definition) is 2. The Bertz CT molecular complexity index is 315. The highest BCUT2D eigenvalue weighted by atomic mass is 14.9. The Morgan fingerprint density at radius 3 is 2.47 bits per heavy atom. The van der Waals surface area contributed by atoms with E-state index in [0.29, 0.717) is 12.1 Å². The van der Waals surface area contributed by atoms with Crippen LogP contribution in [0.4, 0.5) is 0 Å². The van der Waals surface area contributed by atoms with Crippen molar-refractivity contribution in [2.24, 2.45) is 5.92 Å². The van der Waals surface area contributed by atoms with E-state index in [2.05, 4.69) is 36.3 Å². The lowest BCUT2D eigenvalue weighted by Gasteiger charge is -2.30. The Morgan fingerprint density at radius 2 is 1.88 bits per heavy atom. The lowest BCUT2D eigenvalue weighted by atomic mass is 9.84. The van der Waals surface area contributed by atoms with Crippen LogP contribution in [0.5, 0.6) is 0 Å². The number of nitrogens with one attached hydrogen (secondary N) is 1. The molecule has 0 aliphatic heterocycles. The Kier molecular flexibility index (Phi) is 4.55. The van der Waals surface area contributed by atoms with E-state index >= 15 is 0 Å². The van der Waals surface area contributed by atoms with Crippen molar-refractivity contribution in [1.29, 1.82) is 0 Å². The Morgan fingerprint density at radius 1 is 1.24 bits per heavy atom. The van der Waals surface area contributed by atoms with E-state index in [9.17, 15) is 0 Å². The van der Waals surface area contributed by atoms with E-state index < -0.39 is 0 Å². The van der Waals surface area contributed by atoms with Gasteiger partial charge in [0.2, 0.25) is 0 Å². The molecule has 17 heavy (non-hydrogen) atoms. The molecule has 94 valence electrons. The quantitative estimate of drug-likeness (QED) is 0.856. The standard InChI is InChI=1S/C15H24N2/c1-3-13-4-6-15(7-5-13)17-12(2)14-8-10-16-11-9-14/h8-13,15,17H,3-7H2,1-2H3/t12-,13?,15?/m0/s1. The number of hydrogen-bond donors (Lipinski definition) is 1. The molecule has 1 aliphatic rings. The van der Waals surface area contributed by atoms with Gasteiger partial charge in [0.05, 0.1) is 0 Å².